The summed E-state index contributed by atoms with van der Waals surface area (Å²) in [5, 5.41) is 0.373. The summed E-state index contributed by atoms with van der Waals surface area (Å²) >= 11 is 6.04. The quantitative estimate of drug-likeness (QED) is 0.883. The SMILES string of the molecule is Cc1ccc(S(=O)(=O)Cc2ccc(N)cc2Cl)c(C)c1. The molecule has 0 spiro atoms. The molecule has 3 nitrogen and oxygen atoms in total. The Hall–Kier alpha value is -1.52. The van der Waals surface area contributed by atoms with Gasteiger partial charge in [-0.3, -0.25) is 0 Å². The van der Waals surface area contributed by atoms with Gasteiger partial charge in [-0.15, -0.1) is 0 Å². The van der Waals surface area contributed by atoms with E-state index in [1.165, 1.54) is 0 Å². The lowest BCUT2D eigenvalue weighted by Gasteiger charge is -2.10. The van der Waals surface area contributed by atoms with Gasteiger partial charge in [0.05, 0.1) is 10.6 Å². The first kappa shape index (κ1) is 14.9. The van der Waals surface area contributed by atoms with Crippen LogP contribution in [0.3, 0.4) is 0 Å². The molecule has 0 bridgehead atoms. The average Bonchev–Trinajstić information content (AvgIpc) is 2.32. The maximum absolute atomic E-state index is 12.5. The minimum absolute atomic E-state index is 0.129. The fraction of sp³-hybridized carbons (Fsp3) is 0.200. The van der Waals surface area contributed by atoms with Gasteiger partial charge in [-0.1, -0.05) is 35.4 Å². The maximum Gasteiger partial charge on any atom is 0.182 e. The van der Waals surface area contributed by atoms with Crippen molar-refractivity contribution in [1.82, 2.24) is 0 Å². The fourth-order valence-electron chi connectivity index (χ4n) is 2.11. The highest BCUT2D eigenvalue weighted by atomic mass is 35.5. The standard InChI is InChI=1S/C15H16ClNO2S/c1-10-3-6-15(11(2)7-10)20(18,19)9-12-4-5-13(17)8-14(12)16/h3-8H,9,17H2,1-2H3. The summed E-state index contributed by atoms with van der Waals surface area (Å²) in [5.74, 6) is -0.129. The predicted molar refractivity (Wildman–Crippen MR) is 82.7 cm³/mol. The number of nitrogens with two attached hydrogens (primary N) is 1. The summed E-state index contributed by atoms with van der Waals surface area (Å²) < 4.78 is 25.0. The van der Waals surface area contributed by atoms with Crippen LogP contribution in [0.25, 0.3) is 0 Å². The Labute approximate surface area is 124 Å². The molecule has 0 fully saturated rings. The van der Waals surface area contributed by atoms with Gasteiger partial charge in [-0.25, -0.2) is 8.42 Å². The van der Waals surface area contributed by atoms with Crippen LogP contribution in [-0.4, -0.2) is 8.42 Å². The van der Waals surface area contributed by atoms with Crippen molar-refractivity contribution in [2.45, 2.75) is 24.5 Å². The lowest BCUT2D eigenvalue weighted by Crippen LogP contribution is -2.07. The molecule has 0 amide bonds. The molecule has 106 valence electrons. The zero-order chi connectivity index (χ0) is 14.9. The molecule has 20 heavy (non-hydrogen) atoms. The summed E-state index contributed by atoms with van der Waals surface area (Å²) in [4.78, 5) is 0.344. The van der Waals surface area contributed by atoms with Crippen molar-refractivity contribution in [3.05, 3.63) is 58.1 Å². The topological polar surface area (TPSA) is 60.2 Å². The van der Waals surface area contributed by atoms with E-state index in [2.05, 4.69) is 0 Å². The molecule has 2 aromatic rings. The monoisotopic (exact) mass is 309 g/mol. The normalized spacial score (nSPS) is 11.6. The summed E-state index contributed by atoms with van der Waals surface area (Å²) in [5.41, 5.74) is 8.46. The van der Waals surface area contributed by atoms with Crippen molar-refractivity contribution < 1.29 is 8.42 Å². The molecule has 2 rings (SSSR count). The summed E-state index contributed by atoms with van der Waals surface area (Å²) in [6, 6.07) is 10.2. The Morgan fingerprint density at radius 3 is 2.40 bits per heavy atom. The van der Waals surface area contributed by atoms with Gasteiger partial charge < -0.3 is 5.73 Å². The summed E-state index contributed by atoms with van der Waals surface area (Å²) in [6.45, 7) is 3.73. The number of hydrogen-bond acceptors (Lipinski definition) is 3. The van der Waals surface area contributed by atoms with Crippen LogP contribution in [-0.2, 0) is 15.6 Å². The molecule has 0 aliphatic rings. The number of anilines is 1. The third kappa shape index (κ3) is 3.14. The highest BCUT2D eigenvalue weighted by Crippen LogP contribution is 2.26. The Morgan fingerprint density at radius 1 is 1.10 bits per heavy atom. The zero-order valence-electron chi connectivity index (χ0n) is 11.4. The molecule has 0 aliphatic heterocycles. The number of halogens is 1. The van der Waals surface area contributed by atoms with E-state index < -0.39 is 9.84 Å². The highest BCUT2D eigenvalue weighted by Gasteiger charge is 2.19. The van der Waals surface area contributed by atoms with E-state index in [-0.39, 0.29) is 5.75 Å². The first-order chi connectivity index (χ1) is 9.29. The van der Waals surface area contributed by atoms with Gasteiger partial charge in [0.15, 0.2) is 9.84 Å². The first-order valence-electron chi connectivity index (χ1n) is 6.13. The van der Waals surface area contributed by atoms with Crippen molar-refractivity contribution in [3.63, 3.8) is 0 Å². The summed E-state index contributed by atoms with van der Waals surface area (Å²) in [6.07, 6.45) is 0. The first-order valence-corrected chi connectivity index (χ1v) is 8.16. The van der Waals surface area contributed by atoms with Gasteiger partial charge in [-0.05, 0) is 43.2 Å². The van der Waals surface area contributed by atoms with E-state index in [0.29, 0.717) is 21.2 Å². The molecule has 0 saturated carbocycles. The number of nitrogen functional groups attached to an aromatic ring is 1. The van der Waals surface area contributed by atoms with Crippen molar-refractivity contribution in [2.24, 2.45) is 0 Å². The number of benzene rings is 2. The second-order valence-corrected chi connectivity index (χ2v) is 7.24. The molecular weight excluding hydrogens is 294 g/mol. The van der Waals surface area contributed by atoms with E-state index in [1.54, 1.807) is 37.3 Å². The van der Waals surface area contributed by atoms with Crippen LogP contribution < -0.4 is 5.73 Å². The van der Waals surface area contributed by atoms with Gasteiger partial charge in [0.1, 0.15) is 0 Å². The lowest BCUT2D eigenvalue weighted by molar-refractivity contribution is 0.594. The number of aryl methyl sites for hydroxylation is 2. The Bertz CT molecular complexity index is 754. The van der Waals surface area contributed by atoms with E-state index in [0.717, 1.165) is 11.1 Å². The molecule has 0 unspecified atom stereocenters. The van der Waals surface area contributed by atoms with E-state index in [9.17, 15) is 8.42 Å². The van der Waals surface area contributed by atoms with Crippen LogP contribution >= 0.6 is 11.6 Å². The second kappa shape index (κ2) is 5.46. The van der Waals surface area contributed by atoms with E-state index in [4.69, 9.17) is 17.3 Å². The molecule has 2 aromatic carbocycles. The van der Waals surface area contributed by atoms with Crippen molar-refractivity contribution in [1.29, 1.82) is 0 Å². The van der Waals surface area contributed by atoms with Crippen LogP contribution in [0.5, 0.6) is 0 Å². The minimum atomic E-state index is -3.42. The third-order valence-corrected chi connectivity index (χ3v) is 5.26. The minimum Gasteiger partial charge on any atom is -0.399 e. The van der Waals surface area contributed by atoms with Gasteiger partial charge in [0.25, 0.3) is 0 Å². The van der Waals surface area contributed by atoms with Gasteiger partial charge in [-0.2, -0.15) is 0 Å². The predicted octanol–water partition coefficient (Wildman–Crippen LogP) is 3.51. The van der Waals surface area contributed by atoms with Crippen LogP contribution in [0.4, 0.5) is 5.69 Å². The largest absolute Gasteiger partial charge is 0.399 e. The molecule has 0 atom stereocenters. The van der Waals surface area contributed by atoms with Crippen molar-refractivity contribution >= 4 is 27.1 Å². The Balaban J connectivity index is 2.41. The molecule has 0 aromatic heterocycles. The van der Waals surface area contributed by atoms with Gasteiger partial charge in [0, 0.05) is 10.7 Å². The second-order valence-electron chi connectivity index (χ2n) is 4.88. The molecule has 0 saturated heterocycles. The average molecular weight is 310 g/mol. The molecule has 0 heterocycles. The van der Waals surface area contributed by atoms with Crippen LogP contribution in [0, 0.1) is 13.8 Å². The zero-order valence-corrected chi connectivity index (χ0v) is 12.9. The Kier molecular flexibility index (Phi) is 4.06. The molecule has 2 N–H and O–H groups in total. The molecule has 0 radical (unpaired) electrons. The number of sulfone groups is 1. The molecule has 5 heteroatoms. The Morgan fingerprint density at radius 2 is 1.80 bits per heavy atom. The fourth-order valence-corrected chi connectivity index (χ4v) is 4.09. The van der Waals surface area contributed by atoms with E-state index >= 15 is 0 Å². The third-order valence-electron chi connectivity index (χ3n) is 3.09. The lowest BCUT2D eigenvalue weighted by atomic mass is 10.2. The van der Waals surface area contributed by atoms with Crippen molar-refractivity contribution in [2.75, 3.05) is 5.73 Å². The molecule has 0 aliphatic carbocycles. The van der Waals surface area contributed by atoms with Crippen LogP contribution in [0.15, 0.2) is 41.3 Å². The maximum atomic E-state index is 12.5. The molecular formula is C15H16ClNO2S. The van der Waals surface area contributed by atoms with Crippen molar-refractivity contribution in [3.8, 4) is 0 Å². The van der Waals surface area contributed by atoms with E-state index in [1.807, 2.05) is 13.0 Å². The number of rotatable bonds is 3. The number of hydrogen-bond donors (Lipinski definition) is 1. The highest BCUT2D eigenvalue weighted by molar-refractivity contribution is 7.90. The van der Waals surface area contributed by atoms with Gasteiger partial charge in [0.2, 0.25) is 0 Å². The summed E-state index contributed by atoms with van der Waals surface area (Å²) in [7, 11) is -3.42. The smallest absolute Gasteiger partial charge is 0.182 e. The van der Waals surface area contributed by atoms with Gasteiger partial charge >= 0.3 is 0 Å². The van der Waals surface area contributed by atoms with Crippen LogP contribution in [0.1, 0.15) is 16.7 Å². The van der Waals surface area contributed by atoms with Crippen LogP contribution in [0.2, 0.25) is 5.02 Å².